The number of piperazine rings is 1. The molecular weight excluding hydrogens is 386 g/mol. The van der Waals surface area contributed by atoms with Crippen LogP contribution in [0.4, 0.5) is 28.6 Å². The fraction of sp³-hybridized carbons (Fsp3) is 0.208. The van der Waals surface area contributed by atoms with Crippen LogP contribution in [0.3, 0.4) is 0 Å². The van der Waals surface area contributed by atoms with Gasteiger partial charge < -0.3 is 20.4 Å². The number of pyridine rings is 1. The Hall–Kier alpha value is -3.71. The lowest BCUT2D eigenvalue weighted by atomic mass is 10.1. The number of nitrogens with one attached hydrogen (secondary N) is 2. The van der Waals surface area contributed by atoms with Crippen LogP contribution in [0.5, 0.6) is 0 Å². The summed E-state index contributed by atoms with van der Waals surface area (Å²) in [4.78, 5) is 17.7. The number of aromatic nitrogens is 3. The fourth-order valence-corrected chi connectivity index (χ4v) is 3.82. The van der Waals surface area contributed by atoms with Crippen molar-refractivity contribution < 1.29 is 0 Å². The van der Waals surface area contributed by atoms with Gasteiger partial charge in [0.05, 0.1) is 17.4 Å². The normalized spacial score (nSPS) is 14.5. The topological polar surface area (TPSA) is 69.2 Å². The molecule has 0 radical (unpaired) electrons. The molecule has 0 aliphatic carbocycles. The number of rotatable bonds is 5. The van der Waals surface area contributed by atoms with Crippen molar-refractivity contribution in [2.45, 2.75) is 0 Å². The molecule has 0 bridgehead atoms. The molecule has 0 saturated carbocycles. The summed E-state index contributed by atoms with van der Waals surface area (Å²) in [5, 5.41) is 7.84. The largest absolute Gasteiger partial charge is 0.369 e. The molecule has 7 heteroatoms. The molecule has 3 heterocycles. The summed E-state index contributed by atoms with van der Waals surface area (Å²) in [6.45, 7) is 4.37. The van der Waals surface area contributed by atoms with Crippen LogP contribution in [0, 0.1) is 0 Å². The van der Waals surface area contributed by atoms with Gasteiger partial charge in [-0.25, -0.2) is 4.98 Å². The lowest BCUT2D eigenvalue weighted by Gasteiger charge is -2.34. The van der Waals surface area contributed by atoms with E-state index in [-0.39, 0.29) is 0 Å². The third kappa shape index (κ3) is 4.41. The van der Waals surface area contributed by atoms with E-state index >= 15 is 0 Å². The molecule has 1 aliphatic heterocycles. The highest BCUT2D eigenvalue weighted by Gasteiger charge is 2.14. The summed E-state index contributed by atoms with van der Waals surface area (Å²) >= 11 is 0. The van der Waals surface area contributed by atoms with Crippen LogP contribution in [0.2, 0.25) is 0 Å². The molecule has 2 aromatic carbocycles. The number of likely N-dealkylation sites (N-methyl/N-ethyl adjacent to an activating group) is 1. The van der Waals surface area contributed by atoms with E-state index < -0.39 is 0 Å². The molecular formula is C24H25N7. The van der Waals surface area contributed by atoms with Gasteiger partial charge in [-0.05, 0) is 55.6 Å². The first-order valence-electron chi connectivity index (χ1n) is 10.5. The van der Waals surface area contributed by atoms with Crippen LogP contribution >= 0.6 is 0 Å². The monoisotopic (exact) mass is 411 g/mol. The molecule has 156 valence electrons. The third-order valence-electron chi connectivity index (χ3n) is 5.59. The fourth-order valence-electron chi connectivity index (χ4n) is 3.82. The summed E-state index contributed by atoms with van der Waals surface area (Å²) in [6.07, 6.45) is 6.83. The van der Waals surface area contributed by atoms with Crippen molar-refractivity contribution in [1.29, 1.82) is 0 Å². The van der Waals surface area contributed by atoms with Crippen molar-refractivity contribution in [3.05, 3.63) is 73.3 Å². The maximum atomic E-state index is 4.54. The zero-order chi connectivity index (χ0) is 21.0. The highest BCUT2D eigenvalue weighted by Crippen LogP contribution is 2.28. The van der Waals surface area contributed by atoms with E-state index in [0.717, 1.165) is 54.1 Å². The summed E-state index contributed by atoms with van der Waals surface area (Å²) < 4.78 is 0. The number of fused-ring (bicyclic) bond motifs is 1. The van der Waals surface area contributed by atoms with E-state index in [0.29, 0.717) is 5.82 Å². The Morgan fingerprint density at radius 2 is 1.58 bits per heavy atom. The van der Waals surface area contributed by atoms with Gasteiger partial charge in [0.2, 0.25) is 0 Å². The Morgan fingerprint density at radius 1 is 0.774 bits per heavy atom. The predicted molar refractivity (Wildman–Crippen MR) is 126 cm³/mol. The van der Waals surface area contributed by atoms with Crippen molar-refractivity contribution in [1.82, 2.24) is 19.9 Å². The standard InChI is InChI=1S/C24H25N7/c1-30-12-14-31(15-13-30)20-5-2-18(3-6-20)28-19-4-7-21-22(8-9-26-23(21)16-19)29-24-17-25-10-11-27-24/h2-11,16-17,28H,12-15H2,1H3,(H,26,27,29). The van der Waals surface area contributed by atoms with Gasteiger partial charge in [-0.3, -0.25) is 9.97 Å². The first-order chi connectivity index (χ1) is 15.2. The van der Waals surface area contributed by atoms with E-state index in [2.05, 4.69) is 84.9 Å². The molecule has 1 aliphatic rings. The van der Waals surface area contributed by atoms with E-state index in [4.69, 9.17) is 0 Å². The van der Waals surface area contributed by atoms with Gasteiger partial charge in [0.25, 0.3) is 0 Å². The molecule has 0 amide bonds. The molecule has 1 saturated heterocycles. The molecule has 31 heavy (non-hydrogen) atoms. The van der Waals surface area contributed by atoms with Gasteiger partial charge >= 0.3 is 0 Å². The molecule has 7 nitrogen and oxygen atoms in total. The Kier molecular flexibility index (Phi) is 5.33. The average Bonchev–Trinajstić information content (AvgIpc) is 2.81. The zero-order valence-electron chi connectivity index (χ0n) is 17.5. The number of nitrogens with zero attached hydrogens (tertiary/aromatic N) is 5. The maximum absolute atomic E-state index is 4.54. The maximum Gasteiger partial charge on any atom is 0.148 e. The number of hydrogen-bond donors (Lipinski definition) is 2. The molecule has 0 atom stereocenters. The quantitative estimate of drug-likeness (QED) is 0.508. The Balaban J connectivity index is 1.32. The number of benzene rings is 2. The minimum atomic E-state index is 0.706. The highest BCUT2D eigenvalue weighted by molar-refractivity contribution is 5.94. The molecule has 0 unspecified atom stereocenters. The van der Waals surface area contributed by atoms with Crippen LogP contribution in [0.1, 0.15) is 0 Å². The van der Waals surface area contributed by atoms with Crippen LogP contribution in [0.15, 0.2) is 73.3 Å². The molecule has 2 aromatic heterocycles. The van der Waals surface area contributed by atoms with Crippen molar-refractivity contribution in [3.63, 3.8) is 0 Å². The van der Waals surface area contributed by atoms with E-state index in [1.807, 2.05) is 6.07 Å². The second-order valence-corrected chi connectivity index (χ2v) is 7.77. The molecule has 1 fully saturated rings. The number of hydrogen-bond acceptors (Lipinski definition) is 7. The lowest BCUT2D eigenvalue weighted by molar-refractivity contribution is 0.313. The van der Waals surface area contributed by atoms with Gasteiger partial charge in [-0.15, -0.1) is 0 Å². The lowest BCUT2D eigenvalue weighted by Crippen LogP contribution is -2.44. The van der Waals surface area contributed by atoms with E-state index in [1.165, 1.54) is 5.69 Å². The van der Waals surface area contributed by atoms with Crippen molar-refractivity contribution in [2.75, 3.05) is 48.8 Å². The molecule has 0 spiro atoms. The number of anilines is 5. The Bertz CT molecular complexity index is 1150. The van der Waals surface area contributed by atoms with E-state index in [9.17, 15) is 0 Å². The van der Waals surface area contributed by atoms with Crippen LogP contribution < -0.4 is 15.5 Å². The second kappa shape index (κ2) is 8.57. The first-order valence-corrected chi connectivity index (χ1v) is 10.5. The van der Waals surface area contributed by atoms with Gasteiger partial charge in [0.1, 0.15) is 5.82 Å². The second-order valence-electron chi connectivity index (χ2n) is 7.77. The van der Waals surface area contributed by atoms with E-state index in [1.54, 1.807) is 24.8 Å². The summed E-state index contributed by atoms with van der Waals surface area (Å²) in [6, 6.07) is 16.8. The SMILES string of the molecule is CN1CCN(c2ccc(Nc3ccc4c(Nc5cnccn5)ccnc4c3)cc2)CC1. The predicted octanol–water partition coefficient (Wildman–Crippen LogP) is 4.26. The zero-order valence-corrected chi connectivity index (χ0v) is 17.5. The van der Waals surface area contributed by atoms with Crippen molar-refractivity contribution >= 4 is 39.5 Å². The third-order valence-corrected chi connectivity index (χ3v) is 5.59. The van der Waals surface area contributed by atoms with Crippen LogP contribution in [0.25, 0.3) is 10.9 Å². The average molecular weight is 412 g/mol. The summed E-state index contributed by atoms with van der Waals surface area (Å²) in [5.41, 5.74) is 5.20. The highest BCUT2D eigenvalue weighted by atomic mass is 15.2. The first kappa shape index (κ1) is 19.3. The van der Waals surface area contributed by atoms with Gasteiger partial charge in [-0.1, -0.05) is 0 Å². The van der Waals surface area contributed by atoms with Gasteiger partial charge in [0.15, 0.2) is 0 Å². The van der Waals surface area contributed by atoms with Gasteiger partial charge in [-0.2, -0.15) is 0 Å². The van der Waals surface area contributed by atoms with Gasteiger partial charge in [0, 0.05) is 67.2 Å². The summed E-state index contributed by atoms with van der Waals surface area (Å²) in [7, 11) is 2.18. The van der Waals surface area contributed by atoms with Crippen molar-refractivity contribution in [3.8, 4) is 0 Å². The smallest absolute Gasteiger partial charge is 0.148 e. The van der Waals surface area contributed by atoms with Crippen LogP contribution in [-0.4, -0.2) is 53.1 Å². The molecule has 5 rings (SSSR count). The molecule has 4 aromatic rings. The van der Waals surface area contributed by atoms with Crippen LogP contribution in [-0.2, 0) is 0 Å². The Labute approximate surface area is 181 Å². The molecule has 2 N–H and O–H groups in total. The Morgan fingerprint density at radius 3 is 2.35 bits per heavy atom. The van der Waals surface area contributed by atoms with Crippen molar-refractivity contribution in [2.24, 2.45) is 0 Å². The minimum Gasteiger partial charge on any atom is -0.369 e. The minimum absolute atomic E-state index is 0.706. The summed E-state index contributed by atoms with van der Waals surface area (Å²) in [5.74, 6) is 0.706.